The first-order valence-electron chi connectivity index (χ1n) is 25.3. The van der Waals surface area contributed by atoms with Crippen LogP contribution < -0.4 is 30.6 Å². The van der Waals surface area contributed by atoms with Crippen LogP contribution in [-0.4, -0.2) is 29.9 Å². The first-order valence-corrected chi connectivity index (χ1v) is 25.3. The number of benzene rings is 6. The Hall–Kier alpha value is -7.86. The molecule has 0 saturated heterocycles. The van der Waals surface area contributed by atoms with Crippen molar-refractivity contribution in [3.63, 3.8) is 0 Å². The number of fused-ring (bicyclic) bond motifs is 6. The molecule has 0 fully saturated rings. The maximum Gasteiger partial charge on any atom is 2.00 e. The van der Waals surface area contributed by atoms with Gasteiger partial charge in [-0.15, -0.1) is 0 Å². The standard InChI is InChI=1S/6C11H11NO.3Cu/c6*1-7-6-8(2)11(13)10-9(7)4-3-5-12-10;;;/h6*3-6,13H,1-2H3;;;/q;;;;;;3*+2/p-6. The summed E-state index contributed by atoms with van der Waals surface area (Å²) >= 11 is 0. The molecular formula is C66H60Cu3N6O6. The number of aryl methyl sites for hydroxylation is 12. The van der Waals surface area contributed by atoms with E-state index in [0.717, 1.165) is 99.1 Å². The number of nitrogens with zero attached hydrogens (tertiary/aromatic N) is 6. The van der Waals surface area contributed by atoms with Gasteiger partial charge >= 0.3 is 51.2 Å². The predicted octanol–water partition coefficient (Wildman–Crippen LogP) is 11.5. The second kappa shape index (κ2) is 29.0. The topological polar surface area (TPSA) is 216 Å². The maximum atomic E-state index is 11.6. The van der Waals surface area contributed by atoms with Crippen LogP contribution in [0.15, 0.2) is 146 Å². The molecule has 3 radical (unpaired) electrons. The molecule has 0 saturated carbocycles. The van der Waals surface area contributed by atoms with Crippen molar-refractivity contribution in [1.82, 2.24) is 29.9 Å². The fraction of sp³-hybridized carbons (Fsp3) is 0.182. The van der Waals surface area contributed by atoms with Crippen molar-refractivity contribution in [3.05, 3.63) is 213 Å². The van der Waals surface area contributed by atoms with E-state index >= 15 is 0 Å². The number of hydrogen-bond acceptors (Lipinski definition) is 12. The summed E-state index contributed by atoms with van der Waals surface area (Å²) in [6.45, 7) is 22.9. The Morgan fingerprint density at radius 2 is 0.333 bits per heavy atom. The Labute approximate surface area is 504 Å². The molecule has 6 heterocycles. The van der Waals surface area contributed by atoms with E-state index in [1.807, 2.05) is 192 Å². The summed E-state index contributed by atoms with van der Waals surface area (Å²) in [5.74, 6) is 0.257. The van der Waals surface area contributed by atoms with Crippen LogP contribution in [0.3, 0.4) is 0 Å². The van der Waals surface area contributed by atoms with Crippen LogP contribution >= 0.6 is 0 Å². The molecule has 0 aliphatic heterocycles. The van der Waals surface area contributed by atoms with Crippen molar-refractivity contribution in [3.8, 4) is 34.5 Å². The number of aromatic nitrogens is 6. The molecule has 12 aromatic rings. The van der Waals surface area contributed by atoms with Crippen molar-refractivity contribution >= 4 is 65.4 Å². The SMILES string of the molecule is Cc1cc(C)c2cccnc2c1[O-].Cc1cc(C)c2cccnc2c1[O-].Cc1cc(C)c2cccnc2c1[O-].Cc1cc(C)c2cccnc2c1[O-].Cc1cc(C)c2cccnc2c1[O-].Cc1cc(C)c2cccnc2c1[O-].[Cu+2].[Cu+2].[Cu+2]. The van der Waals surface area contributed by atoms with E-state index in [4.69, 9.17) is 0 Å². The van der Waals surface area contributed by atoms with Crippen LogP contribution in [0.2, 0.25) is 0 Å². The quantitative estimate of drug-likeness (QED) is 0.130. The molecule has 0 bridgehead atoms. The minimum atomic E-state index is 0. The van der Waals surface area contributed by atoms with E-state index in [2.05, 4.69) is 29.9 Å². The molecule has 0 atom stereocenters. The predicted molar refractivity (Wildman–Crippen MR) is 304 cm³/mol. The molecule has 0 aliphatic carbocycles. The van der Waals surface area contributed by atoms with Gasteiger partial charge in [0.15, 0.2) is 0 Å². The van der Waals surface area contributed by atoms with Crippen molar-refractivity contribution in [2.75, 3.05) is 0 Å². The summed E-state index contributed by atoms with van der Waals surface area (Å²) in [6, 6.07) is 34.1. The fourth-order valence-corrected chi connectivity index (χ4v) is 9.36. The normalized spacial score (nSPS) is 10.2. The minimum absolute atomic E-state index is 0. The number of hydrogen-bond donors (Lipinski definition) is 0. The Balaban J connectivity index is 0.000000208. The zero-order valence-electron chi connectivity index (χ0n) is 46.9. The molecule has 12 rings (SSSR count). The van der Waals surface area contributed by atoms with E-state index in [9.17, 15) is 30.6 Å². The van der Waals surface area contributed by atoms with Crippen LogP contribution in [0.5, 0.6) is 34.5 Å². The molecule has 15 heteroatoms. The van der Waals surface area contributed by atoms with Gasteiger partial charge in [-0.3, -0.25) is 29.9 Å². The molecule has 6 aromatic heterocycles. The van der Waals surface area contributed by atoms with Gasteiger partial charge in [-0.05, 0) is 153 Å². The molecule has 6 aromatic carbocycles. The summed E-state index contributed by atoms with van der Waals surface area (Å²) in [7, 11) is 0. The maximum absolute atomic E-state index is 11.6. The average molecular weight is 1220 g/mol. The Morgan fingerprint density at radius 1 is 0.210 bits per heavy atom. The van der Waals surface area contributed by atoms with Gasteiger partial charge in [-0.25, -0.2) is 0 Å². The monoisotopic (exact) mass is 1220 g/mol. The Kier molecular flexibility index (Phi) is 23.5. The van der Waals surface area contributed by atoms with E-state index in [-0.39, 0.29) is 85.7 Å². The third-order valence-corrected chi connectivity index (χ3v) is 13.4. The van der Waals surface area contributed by atoms with Crippen molar-refractivity contribution in [2.24, 2.45) is 0 Å². The van der Waals surface area contributed by atoms with Gasteiger partial charge in [0.1, 0.15) is 0 Å². The third-order valence-electron chi connectivity index (χ3n) is 13.4. The summed E-state index contributed by atoms with van der Waals surface area (Å²) in [5.41, 5.74) is 14.8. The average Bonchev–Trinajstić information content (AvgIpc) is 3.47. The molecule has 0 amide bonds. The summed E-state index contributed by atoms with van der Waals surface area (Å²) in [4.78, 5) is 24.5. The van der Waals surface area contributed by atoms with Gasteiger partial charge in [0.05, 0.1) is 33.1 Å². The minimum Gasteiger partial charge on any atom is -0.871 e. The van der Waals surface area contributed by atoms with Gasteiger partial charge in [-0.1, -0.05) is 141 Å². The van der Waals surface area contributed by atoms with Gasteiger partial charge in [-0.2, -0.15) is 0 Å². The molecule has 0 N–H and O–H groups in total. The Morgan fingerprint density at radius 3 is 0.457 bits per heavy atom. The van der Waals surface area contributed by atoms with Gasteiger partial charge in [0.2, 0.25) is 0 Å². The molecule has 423 valence electrons. The van der Waals surface area contributed by atoms with Crippen LogP contribution in [0.4, 0.5) is 0 Å². The van der Waals surface area contributed by atoms with Crippen LogP contribution in [-0.2, 0) is 51.2 Å². The van der Waals surface area contributed by atoms with Crippen molar-refractivity contribution < 1.29 is 81.8 Å². The first kappa shape index (κ1) is 65.7. The van der Waals surface area contributed by atoms with Gasteiger partial charge < -0.3 is 30.6 Å². The van der Waals surface area contributed by atoms with Crippen LogP contribution in [0.25, 0.3) is 65.4 Å². The largest absolute Gasteiger partial charge is 2.00 e. The van der Waals surface area contributed by atoms with E-state index in [0.29, 0.717) is 33.1 Å². The van der Waals surface area contributed by atoms with Crippen LogP contribution in [0.1, 0.15) is 66.8 Å². The van der Waals surface area contributed by atoms with Crippen molar-refractivity contribution in [1.29, 1.82) is 0 Å². The summed E-state index contributed by atoms with van der Waals surface area (Å²) in [6.07, 6.45) is 9.93. The summed E-state index contributed by atoms with van der Waals surface area (Å²) in [5, 5.41) is 75.4. The third kappa shape index (κ3) is 14.9. The van der Waals surface area contributed by atoms with Gasteiger partial charge in [0, 0.05) is 69.5 Å². The Bertz CT molecular complexity index is 3490. The first-order chi connectivity index (χ1) is 37.2. The van der Waals surface area contributed by atoms with Gasteiger partial charge in [0.25, 0.3) is 0 Å². The molecule has 81 heavy (non-hydrogen) atoms. The van der Waals surface area contributed by atoms with E-state index in [1.54, 1.807) is 37.2 Å². The van der Waals surface area contributed by atoms with E-state index in [1.165, 1.54) is 0 Å². The number of pyridine rings is 6. The number of rotatable bonds is 0. The van der Waals surface area contributed by atoms with E-state index < -0.39 is 0 Å². The second-order valence-electron chi connectivity index (χ2n) is 19.4. The summed E-state index contributed by atoms with van der Waals surface area (Å²) < 4.78 is 0. The molecule has 12 nitrogen and oxygen atoms in total. The molecule has 0 aliphatic rings. The second-order valence-corrected chi connectivity index (χ2v) is 19.4. The zero-order chi connectivity index (χ0) is 56.5. The van der Waals surface area contributed by atoms with Crippen molar-refractivity contribution in [2.45, 2.75) is 83.1 Å². The molecule has 0 spiro atoms. The van der Waals surface area contributed by atoms with Crippen LogP contribution in [0, 0.1) is 83.1 Å². The molecule has 0 unspecified atom stereocenters. The molecular weight excluding hydrogens is 1160 g/mol. The smallest absolute Gasteiger partial charge is 0.871 e. The zero-order valence-corrected chi connectivity index (χ0v) is 49.7. The fourth-order valence-electron chi connectivity index (χ4n) is 9.36.